The molecular formula is C33H36Cl2N4O4S. The number of benzene rings is 2. The Balaban J connectivity index is 1.31. The van der Waals surface area contributed by atoms with E-state index in [2.05, 4.69) is 15.2 Å². The fourth-order valence-corrected chi connectivity index (χ4v) is 9.20. The topological polar surface area (TPSA) is 103 Å². The van der Waals surface area contributed by atoms with E-state index in [1.54, 1.807) is 37.3 Å². The minimum atomic E-state index is -3.91. The number of carbonyl (C=O) groups is 2. The van der Waals surface area contributed by atoms with Gasteiger partial charge in [0, 0.05) is 57.4 Å². The first-order chi connectivity index (χ1) is 21.0. The molecule has 11 heteroatoms. The molecule has 2 atom stereocenters. The smallest absolute Gasteiger partial charge is 0.256 e. The van der Waals surface area contributed by atoms with Gasteiger partial charge in [-0.2, -0.15) is 0 Å². The summed E-state index contributed by atoms with van der Waals surface area (Å²) in [5, 5.41) is 2.36. The number of carbonyl (C=O) groups excluding carboxylic acids is 2. The Labute approximate surface area is 268 Å². The standard InChI is InChI=1S/C33H36Cl2N4O4S/c1-19-29(36-20(2)30(19)33(41)39-15-7-8-22(39)18-38-13-4-5-14-38)17-25-24-16-23(11-12-28(24)37-32(25)40)44(42,43)21(3)31-26(34)9-6-10-27(31)35/h6,9-12,16-17,21-22,36H,4-5,7-8,13-15,18H2,1-3H3,(H,37,40)/b25-17-/t21?,22-/m1/s1. The Kier molecular flexibility index (Phi) is 8.43. The molecule has 1 aromatic heterocycles. The predicted molar refractivity (Wildman–Crippen MR) is 175 cm³/mol. The van der Waals surface area contributed by atoms with Crippen LogP contribution in [0.5, 0.6) is 0 Å². The molecule has 2 N–H and O–H groups in total. The van der Waals surface area contributed by atoms with Crippen molar-refractivity contribution in [3.05, 3.63) is 80.1 Å². The first kappa shape index (κ1) is 30.9. The van der Waals surface area contributed by atoms with Gasteiger partial charge >= 0.3 is 0 Å². The number of hydrogen-bond acceptors (Lipinski definition) is 5. The molecule has 0 radical (unpaired) electrons. The highest BCUT2D eigenvalue weighted by Crippen LogP contribution is 2.41. The van der Waals surface area contributed by atoms with Crippen molar-refractivity contribution in [2.24, 2.45) is 0 Å². The lowest BCUT2D eigenvalue weighted by molar-refractivity contribution is -0.110. The highest BCUT2D eigenvalue weighted by atomic mass is 35.5. The van der Waals surface area contributed by atoms with Crippen molar-refractivity contribution in [3.63, 3.8) is 0 Å². The molecular weight excluding hydrogens is 619 g/mol. The third-order valence-electron chi connectivity index (χ3n) is 9.26. The zero-order valence-electron chi connectivity index (χ0n) is 25.0. The van der Waals surface area contributed by atoms with Gasteiger partial charge in [-0.25, -0.2) is 8.42 Å². The van der Waals surface area contributed by atoms with Gasteiger partial charge in [0.05, 0.1) is 21.3 Å². The first-order valence-electron chi connectivity index (χ1n) is 15.0. The highest BCUT2D eigenvalue weighted by Gasteiger charge is 2.35. The molecule has 6 rings (SSSR count). The van der Waals surface area contributed by atoms with E-state index in [-0.39, 0.29) is 32.8 Å². The second kappa shape index (κ2) is 12.0. The van der Waals surface area contributed by atoms with Crippen LogP contribution < -0.4 is 5.32 Å². The molecule has 2 amide bonds. The molecule has 2 saturated heterocycles. The highest BCUT2D eigenvalue weighted by molar-refractivity contribution is 7.91. The van der Waals surface area contributed by atoms with Crippen LogP contribution in [0.3, 0.4) is 0 Å². The zero-order valence-corrected chi connectivity index (χ0v) is 27.4. The molecule has 1 unspecified atom stereocenters. The Bertz CT molecular complexity index is 1770. The van der Waals surface area contributed by atoms with Crippen LogP contribution in [0.15, 0.2) is 41.3 Å². The maximum atomic E-state index is 13.9. The maximum Gasteiger partial charge on any atom is 0.256 e. The van der Waals surface area contributed by atoms with E-state index in [0.29, 0.717) is 33.6 Å². The van der Waals surface area contributed by atoms with E-state index in [0.717, 1.165) is 50.3 Å². The number of amides is 2. The van der Waals surface area contributed by atoms with Crippen LogP contribution in [-0.4, -0.2) is 67.2 Å². The van der Waals surface area contributed by atoms with Crippen molar-refractivity contribution in [3.8, 4) is 0 Å². The molecule has 232 valence electrons. The number of fused-ring (bicyclic) bond motifs is 1. The third-order valence-corrected chi connectivity index (χ3v) is 12.0. The lowest BCUT2D eigenvalue weighted by Gasteiger charge is -2.28. The van der Waals surface area contributed by atoms with Crippen molar-refractivity contribution in [1.29, 1.82) is 0 Å². The van der Waals surface area contributed by atoms with Crippen LogP contribution in [0.1, 0.15) is 76.3 Å². The van der Waals surface area contributed by atoms with Crippen LogP contribution >= 0.6 is 23.2 Å². The summed E-state index contributed by atoms with van der Waals surface area (Å²) in [4.78, 5) is 34.8. The van der Waals surface area contributed by atoms with Gasteiger partial charge in [-0.1, -0.05) is 29.3 Å². The summed E-state index contributed by atoms with van der Waals surface area (Å²) in [5.74, 6) is -0.332. The molecule has 0 spiro atoms. The SMILES string of the molecule is Cc1[nH]c(/C=C2\C(=O)Nc3ccc(S(=O)(=O)C(C)c4c(Cl)cccc4Cl)cc32)c(C)c1C(=O)N1CCC[C@@H]1CN1CCCC1. The third kappa shape index (κ3) is 5.49. The normalized spacial score (nSPS) is 20.4. The molecule has 2 aromatic carbocycles. The van der Waals surface area contributed by atoms with E-state index in [9.17, 15) is 18.0 Å². The maximum absolute atomic E-state index is 13.9. The van der Waals surface area contributed by atoms with Crippen molar-refractivity contribution < 1.29 is 18.0 Å². The molecule has 3 aliphatic heterocycles. The number of halogens is 2. The average Bonchev–Trinajstić information content (AvgIpc) is 3.77. The Morgan fingerprint density at radius 1 is 1.07 bits per heavy atom. The van der Waals surface area contributed by atoms with E-state index in [4.69, 9.17) is 23.2 Å². The summed E-state index contributed by atoms with van der Waals surface area (Å²) >= 11 is 12.7. The summed E-state index contributed by atoms with van der Waals surface area (Å²) < 4.78 is 27.5. The molecule has 0 bridgehead atoms. The van der Waals surface area contributed by atoms with Crippen LogP contribution in [-0.2, 0) is 14.6 Å². The van der Waals surface area contributed by atoms with E-state index < -0.39 is 15.1 Å². The van der Waals surface area contributed by atoms with E-state index in [1.165, 1.54) is 25.0 Å². The number of sulfone groups is 1. The van der Waals surface area contributed by atoms with Crippen LogP contribution in [0.25, 0.3) is 11.6 Å². The number of aryl methyl sites for hydroxylation is 1. The molecule has 3 aromatic rings. The second-order valence-corrected chi connectivity index (χ2v) is 15.1. The Hall–Kier alpha value is -3.11. The number of nitrogens with zero attached hydrogens (tertiary/aromatic N) is 2. The van der Waals surface area contributed by atoms with Gasteiger partial charge in [-0.3, -0.25) is 9.59 Å². The van der Waals surface area contributed by atoms with Crippen molar-refractivity contribution >= 4 is 62.2 Å². The molecule has 0 aliphatic carbocycles. The molecule has 4 heterocycles. The van der Waals surface area contributed by atoms with Gasteiger partial charge in [-0.15, -0.1) is 0 Å². The van der Waals surface area contributed by atoms with Gasteiger partial charge in [0.2, 0.25) is 0 Å². The number of likely N-dealkylation sites (tertiary alicyclic amines) is 2. The number of aromatic nitrogens is 1. The zero-order chi connectivity index (χ0) is 31.3. The number of anilines is 1. The van der Waals surface area contributed by atoms with Crippen molar-refractivity contribution in [1.82, 2.24) is 14.8 Å². The Morgan fingerprint density at radius 2 is 1.77 bits per heavy atom. The average molecular weight is 656 g/mol. The monoisotopic (exact) mass is 654 g/mol. The Morgan fingerprint density at radius 3 is 2.48 bits per heavy atom. The van der Waals surface area contributed by atoms with Gasteiger partial charge in [-0.05, 0) is 102 Å². The molecule has 8 nitrogen and oxygen atoms in total. The van der Waals surface area contributed by atoms with Gasteiger partial charge in [0.1, 0.15) is 0 Å². The second-order valence-electron chi connectivity index (χ2n) is 12.0. The number of aromatic amines is 1. The van der Waals surface area contributed by atoms with Crippen LogP contribution in [0.2, 0.25) is 10.0 Å². The lowest BCUT2D eigenvalue weighted by Crippen LogP contribution is -2.42. The minimum absolute atomic E-state index is 0.0134. The molecule has 0 saturated carbocycles. The van der Waals surface area contributed by atoms with Gasteiger partial charge in [0.15, 0.2) is 9.84 Å². The molecule has 3 aliphatic rings. The van der Waals surface area contributed by atoms with Crippen molar-refractivity contribution in [2.75, 3.05) is 31.5 Å². The van der Waals surface area contributed by atoms with Crippen molar-refractivity contribution in [2.45, 2.75) is 62.6 Å². The molecule has 44 heavy (non-hydrogen) atoms. The summed E-state index contributed by atoms with van der Waals surface area (Å²) in [5.41, 5.74) is 4.41. The summed E-state index contributed by atoms with van der Waals surface area (Å²) in [6, 6.07) is 9.67. The van der Waals surface area contributed by atoms with Crippen LogP contribution in [0.4, 0.5) is 5.69 Å². The minimum Gasteiger partial charge on any atom is -0.358 e. The quantitative estimate of drug-likeness (QED) is 0.277. The fourth-order valence-electron chi connectivity index (χ4n) is 6.83. The predicted octanol–water partition coefficient (Wildman–Crippen LogP) is 6.67. The number of rotatable bonds is 7. The lowest BCUT2D eigenvalue weighted by atomic mass is 10.0. The van der Waals surface area contributed by atoms with Gasteiger partial charge < -0.3 is 20.1 Å². The van der Waals surface area contributed by atoms with E-state index in [1.807, 2.05) is 18.7 Å². The first-order valence-corrected chi connectivity index (χ1v) is 17.4. The fraction of sp³-hybridized carbons (Fsp3) is 0.394. The van der Waals surface area contributed by atoms with E-state index >= 15 is 0 Å². The molecule has 2 fully saturated rings. The van der Waals surface area contributed by atoms with Gasteiger partial charge in [0.25, 0.3) is 11.8 Å². The van der Waals surface area contributed by atoms with Crippen LogP contribution in [0, 0.1) is 13.8 Å². The number of H-pyrrole nitrogens is 1. The largest absolute Gasteiger partial charge is 0.358 e. The number of nitrogens with one attached hydrogen (secondary N) is 2. The number of hydrogen-bond donors (Lipinski definition) is 2. The summed E-state index contributed by atoms with van der Waals surface area (Å²) in [7, 11) is -3.91. The summed E-state index contributed by atoms with van der Waals surface area (Å²) in [6.07, 6.45) is 6.14. The summed E-state index contributed by atoms with van der Waals surface area (Å²) in [6.45, 7) is 9.16.